The van der Waals surface area contributed by atoms with E-state index in [-0.39, 0.29) is 24.1 Å². The lowest BCUT2D eigenvalue weighted by molar-refractivity contribution is -0.139. The van der Waals surface area contributed by atoms with E-state index in [0.29, 0.717) is 28.6 Å². The Kier molecular flexibility index (Phi) is 10.7. The second-order valence-electron chi connectivity index (χ2n) is 7.39. The summed E-state index contributed by atoms with van der Waals surface area (Å²) in [4.78, 5) is 28.8. The van der Waals surface area contributed by atoms with Gasteiger partial charge in [-0.2, -0.15) is 0 Å². The summed E-state index contributed by atoms with van der Waals surface area (Å²) in [6.07, 6.45) is 2.39. The van der Waals surface area contributed by atoms with Gasteiger partial charge in [0.05, 0.1) is 5.75 Å². The Morgan fingerprint density at radius 2 is 1.71 bits per heavy atom. The van der Waals surface area contributed by atoms with E-state index in [2.05, 4.69) is 12.2 Å². The van der Waals surface area contributed by atoms with Crippen LogP contribution in [0.4, 0.5) is 0 Å². The zero-order valence-corrected chi connectivity index (χ0v) is 20.6. The van der Waals surface area contributed by atoms with E-state index >= 15 is 0 Å². The number of hydrogen-bond acceptors (Lipinski definition) is 3. The maximum Gasteiger partial charge on any atom is 0.242 e. The lowest BCUT2D eigenvalue weighted by Crippen LogP contribution is -2.49. The predicted molar refractivity (Wildman–Crippen MR) is 131 cm³/mol. The van der Waals surface area contributed by atoms with Crippen molar-refractivity contribution in [1.82, 2.24) is 10.2 Å². The van der Waals surface area contributed by atoms with E-state index < -0.39 is 6.04 Å². The number of carbonyl (C=O) groups is 2. The minimum Gasteiger partial charge on any atom is -0.354 e. The van der Waals surface area contributed by atoms with Crippen LogP contribution >= 0.6 is 35.0 Å². The Labute approximate surface area is 199 Å². The molecule has 168 valence electrons. The summed E-state index contributed by atoms with van der Waals surface area (Å²) in [7, 11) is 0. The van der Waals surface area contributed by atoms with Gasteiger partial charge in [-0.1, -0.05) is 67.2 Å². The molecule has 4 nitrogen and oxygen atoms in total. The van der Waals surface area contributed by atoms with Crippen LogP contribution in [0.15, 0.2) is 47.4 Å². The summed E-state index contributed by atoms with van der Waals surface area (Å²) >= 11 is 14.2. The Morgan fingerprint density at radius 3 is 2.29 bits per heavy atom. The van der Waals surface area contributed by atoms with E-state index in [1.165, 1.54) is 17.3 Å². The van der Waals surface area contributed by atoms with Crippen LogP contribution in [-0.4, -0.2) is 35.1 Å². The van der Waals surface area contributed by atoms with E-state index in [9.17, 15) is 9.59 Å². The van der Waals surface area contributed by atoms with Gasteiger partial charge >= 0.3 is 0 Å². The molecule has 2 amide bonds. The van der Waals surface area contributed by atoms with E-state index in [0.717, 1.165) is 17.7 Å². The van der Waals surface area contributed by atoms with Crippen LogP contribution in [0.1, 0.15) is 44.2 Å². The highest BCUT2D eigenvalue weighted by atomic mass is 35.5. The standard InChI is InChI=1S/C24H30Cl2N2O2S/c1-4-6-14-27-24(30)22(5-2)28(15-19-20(25)8-7-9-21(19)26)23(29)16-31-18-12-10-17(3)11-13-18/h7-13,22H,4-6,14-16H2,1-3H3,(H,27,30)/t22-/m0/s1. The molecule has 0 unspecified atom stereocenters. The quantitative estimate of drug-likeness (QED) is 0.311. The molecule has 2 aromatic carbocycles. The topological polar surface area (TPSA) is 49.4 Å². The van der Waals surface area contributed by atoms with Crippen LogP contribution in [0.25, 0.3) is 0 Å². The van der Waals surface area contributed by atoms with Gasteiger partial charge in [-0.15, -0.1) is 11.8 Å². The molecule has 0 aliphatic heterocycles. The zero-order valence-electron chi connectivity index (χ0n) is 18.3. The number of nitrogens with one attached hydrogen (secondary N) is 1. The fraction of sp³-hybridized carbons (Fsp3) is 0.417. The number of carbonyl (C=O) groups excluding carboxylic acids is 2. The molecular weight excluding hydrogens is 451 g/mol. The number of halogens is 2. The molecule has 2 rings (SSSR count). The molecule has 0 aliphatic carbocycles. The van der Waals surface area contributed by atoms with E-state index in [1.807, 2.05) is 38.1 Å². The first-order valence-corrected chi connectivity index (χ1v) is 12.3. The average Bonchev–Trinajstić information content (AvgIpc) is 2.75. The van der Waals surface area contributed by atoms with Crippen molar-refractivity contribution < 1.29 is 9.59 Å². The highest BCUT2D eigenvalue weighted by Gasteiger charge is 2.29. The van der Waals surface area contributed by atoms with Crippen molar-refractivity contribution in [2.45, 2.75) is 57.5 Å². The van der Waals surface area contributed by atoms with Crippen LogP contribution in [-0.2, 0) is 16.1 Å². The third-order valence-corrected chi connectivity index (χ3v) is 6.69. The van der Waals surface area contributed by atoms with Gasteiger partial charge in [0.2, 0.25) is 11.8 Å². The van der Waals surface area contributed by atoms with Crippen LogP contribution in [0.5, 0.6) is 0 Å². The number of rotatable bonds is 11. The van der Waals surface area contributed by atoms with E-state index in [1.54, 1.807) is 23.1 Å². The molecule has 0 saturated carbocycles. The molecule has 2 aromatic rings. The Morgan fingerprint density at radius 1 is 1.06 bits per heavy atom. The van der Waals surface area contributed by atoms with Crippen LogP contribution in [0.2, 0.25) is 10.0 Å². The molecule has 0 saturated heterocycles. The molecule has 1 N–H and O–H groups in total. The van der Waals surface area contributed by atoms with Gasteiger partial charge in [-0.25, -0.2) is 0 Å². The van der Waals surface area contributed by atoms with Crippen molar-refractivity contribution in [3.63, 3.8) is 0 Å². The van der Waals surface area contributed by atoms with Gasteiger partial charge in [-0.3, -0.25) is 9.59 Å². The maximum atomic E-state index is 13.3. The molecule has 0 bridgehead atoms. The number of amides is 2. The summed E-state index contributed by atoms with van der Waals surface area (Å²) in [5, 5.41) is 3.93. The summed E-state index contributed by atoms with van der Waals surface area (Å²) in [5.41, 5.74) is 1.82. The normalized spacial score (nSPS) is 11.8. The van der Waals surface area contributed by atoms with Gasteiger partial charge in [0, 0.05) is 33.6 Å². The molecule has 0 aliphatic rings. The molecule has 1 atom stereocenters. The average molecular weight is 481 g/mol. The second kappa shape index (κ2) is 13.0. The van der Waals surface area contributed by atoms with Gasteiger partial charge in [-0.05, 0) is 44.0 Å². The maximum absolute atomic E-state index is 13.3. The molecule has 0 aromatic heterocycles. The Balaban J connectivity index is 2.23. The number of benzene rings is 2. The minimum atomic E-state index is -0.588. The first kappa shape index (κ1) is 25.6. The lowest BCUT2D eigenvalue weighted by atomic mass is 10.1. The summed E-state index contributed by atoms with van der Waals surface area (Å²) < 4.78 is 0. The fourth-order valence-electron chi connectivity index (χ4n) is 3.14. The van der Waals surface area contributed by atoms with Gasteiger partial charge in [0.15, 0.2) is 0 Å². The molecule has 0 fully saturated rings. The summed E-state index contributed by atoms with van der Waals surface area (Å²) in [6.45, 7) is 6.79. The molecule has 0 spiro atoms. The van der Waals surface area contributed by atoms with Crippen LogP contribution < -0.4 is 5.32 Å². The smallest absolute Gasteiger partial charge is 0.242 e. The number of aryl methyl sites for hydroxylation is 1. The van der Waals surface area contributed by atoms with Crippen LogP contribution in [0.3, 0.4) is 0 Å². The number of thioether (sulfide) groups is 1. The van der Waals surface area contributed by atoms with Crippen molar-refractivity contribution in [1.29, 1.82) is 0 Å². The van der Waals surface area contributed by atoms with Crippen molar-refractivity contribution >= 4 is 46.8 Å². The monoisotopic (exact) mass is 480 g/mol. The minimum absolute atomic E-state index is 0.126. The van der Waals surface area contributed by atoms with Gasteiger partial charge in [0.25, 0.3) is 0 Å². The third kappa shape index (κ3) is 7.74. The summed E-state index contributed by atoms with van der Waals surface area (Å²) in [6, 6.07) is 12.7. The third-order valence-electron chi connectivity index (χ3n) is 4.99. The number of hydrogen-bond donors (Lipinski definition) is 1. The Hall–Kier alpha value is -1.69. The van der Waals surface area contributed by atoms with Crippen molar-refractivity contribution in [2.24, 2.45) is 0 Å². The molecule has 7 heteroatoms. The molecule has 0 heterocycles. The molecular formula is C24H30Cl2N2O2S. The van der Waals surface area contributed by atoms with Crippen molar-refractivity contribution in [3.05, 3.63) is 63.6 Å². The Bertz CT molecular complexity index is 854. The van der Waals surface area contributed by atoms with Gasteiger partial charge < -0.3 is 10.2 Å². The largest absolute Gasteiger partial charge is 0.354 e. The van der Waals surface area contributed by atoms with Crippen molar-refractivity contribution in [2.75, 3.05) is 12.3 Å². The SMILES string of the molecule is CCCCNC(=O)[C@H](CC)N(Cc1c(Cl)cccc1Cl)C(=O)CSc1ccc(C)cc1. The van der Waals surface area contributed by atoms with Gasteiger partial charge in [0.1, 0.15) is 6.04 Å². The summed E-state index contributed by atoms with van der Waals surface area (Å²) in [5.74, 6) is -0.0454. The zero-order chi connectivity index (χ0) is 22.8. The molecule has 0 radical (unpaired) electrons. The van der Waals surface area contributed by atoms with Crippen LogP contribution in [0, 0.1) is 6.92 Å². The number of nitrogens with zero attached hydrogens (tertiary/aromatic N) is 1. The number of unbranched alkanes of at least 4 members (excludes halogenated alkanes) is 1. The van der Waals surface area contributed by atoms with E-state index in [4.69, 9.17) is 23.2 Å². The highest BCUT2D eigenvalue weighted by molar-refractivity contribution is 8.00. The highest BCUT2D eigenvalue weighted by Crippen LogP contribution is 2.28. The fourth-order valence-corrected chi connectivity index (χ4v) is 4.44. The first-order chi connectivity index (χ1) is 14.9. The predicted octanol–water partition coefficient (Wildman–Crippen LogP) is 6.12. The second-order valence-corrected chi connectivity index (χ2v) is 9.26. The first-order valence-electron chi connectivity index (χ1n) is 10.6. The van der Waals surface area contributed by atoms with Crippen molar-refractivity contribution in [3.8, 4) is 0 Å². The molecule has 31 heavy (non-hydrogen) atoms. The lowest BCUT2D eigenvalue weighted by Gasteiger charge is -2.31.